The van der Waals surface area contributed by atoms with E-state index in [4.69, 9.17) is 4.74 Å². The van der Waals surface area contributed by atoms with E-state index in [1.54, 1.807) is 4.52 Å². The summed E-state index contributed by atoms with van der Waals surface area (Å²) in [6.45, 7) is 5.15. The van der Waals surface area contributed by atoms with Crippen LogP contribution in [0.15, 0.2) is 24.5 Å². The molecule has 6 nitrogen and oxygen atoms in total. The lowest BCUT2D eigenvalue weighted by molar-refractivity contribution is -0.148. The fourth-order valence-electron chi connectivity index (χ4n) is 2.96. The minimum atomic E-state index is -1.01. The molecule has 0 bridgehead atoms. The van der Waals surface area contributed by atoms with Crippen LogP contribution in [0, 0.1) is 25.5 Å². The van der Waals surface area contributed by atoms with Crippen LogP contribution in [0.5, 0.6) is 0 Å². The number of aryl methyl sites for hydroxylation is 2. The Hall–Kier alpha value is -2.90. The second kappa shape index (κ2) is 7.15. The lowest BCUT2D eigenvalue weighted by Gasteiger charge is -2.15. The van der Waals surface area contributed by atoms with Crippen LogP contribution in [0.1, 0.15) is 42.0 Å². The lowest BCUT2D eigenvalue weighted by atomic mass is 10.1. The number of esters is 1. The standard InChI is InChI=1S/C18H18F2N4O2/c1-10-13(11(2)24-18(23-10)21-9-22-24)7-8-16(25)26-12(3)17-14(19)5-4-6-15(17)20/h4-6,9,12H,7-8H2,1-3H3/t12-/m1/s1. The maximum Gasteiger partial charge on any atom is 0.306 e. The van der Waals surface area contributed by atoms with Gasteiger partial charge < -0.3 is 4.74 Å². The van der Waals surface area contributed by atoms with Crippen LogP contribution >= 0.6 is 0 Å². The molecule has 3 aromatic rings. The fourth-order valence-corrected chi connectivity index (χ4v) is 2.96. The molecule has 8 heteroatoms. The average Bonchev–Trinajstić information content (AvgIpc) is 3.02. The van der Waals surface area contributed by atoms with Crippen molar-refractivity contribution in [1.29, 1.82) is 0 Å². The Morgan fingerprint density at radius 2 is 1.96 bits per heavy atom. The molecule has 1 atom stereocenters. The Kier molecular flexibility index (Phi) is 4.92. The van der Waals surface area contributed by atoms with Crippen LogP contribution < -0.4 is 0 Å². The second-order valence-corrected chi connectivity index (χ2v) is 6.00. The van der Waals surface area contributed by atoms with Gasteiger partial charge in [0.1, 0.15) is 24.1 Å². The van der Waals surface area contributed by atoms with Crippen molar-refractivity contribution in [3.05, 3.63) is 58.7 Å². The van der Waals surface area contributed by atoms with Gasteiger partial charge in [0.25, 0.3) is 5.78 Å². The van der Waals surface area contributed by atoms with E-state index in [-0.39, 0.29) is 12.0 Å². The van der Waals surface area contributed by atoms with Gasteiger partial charge in [-0.1, -0.05) is 6.07 Å². The van der Waals surface area contributed by atoms with Gasteiger partial charge in [-0.2, -0.15) is 10.1 Å². The monoisotopic (exact) mass is 360 g/mol. The van der Waals surface area contributed by atoms with Crippen molar-refractivity contribution in [2.75, 3.05) is 0 Å². The maximum atomic E-state index is 13.8. The molecule has 0 saturated carbocycles. The summed E-state index contributed by atoms with van der Waals surface area (Å²) in [6, 6.07) is 3.53. The molecule has 0 radical (unpaired) electrons. The van der Waals surface area contributed by atoms with Gasteiger partial charge >= 0.3 is 5.97 Å². The molecule has 0 amide bonds. The number of carbonyl (C=O) groups is 1. The highest BCUT2D eigenvalue weighted by atomic mass is 19.1. The third-order valence-corrected chi connectivity index (χ3v) is 4.28. The largest absolute Gasteiger partial charge is 0.458 e. The van der Waals surface area contributed by atoms with E-state index in [1.165, 1.54) is 19.3 Å². The quantitative estimate of drug-likeness (QED) is 0.653. The SMILES string of the molecule is Cc1nc2ncnn2c(C)c1CCC(=O)O[C@H](C)c1c(F)cccc1F. The highest BCUT2D eigenvalue weighted by molar-refractivity contribution is 5.70. The smallest absolute Gasteiger partial charge is 0.306 e. The molecule has 1 aromatic carbocycles. The predicted molar refractivity (Wildman–Crippen MR) is 89.4 cm³/mol. The van der Waals surface area contributed by atoms with Gasteiger partial charge in [-0.15, -0.1) is 0 Å². The number of halogens is 2. The van der Waals surface area contributed by atoms with E-state index in [1.807, 2.05) is 13.8 Å². The van der Waals surface area contributed by atoms with E-state index in [2.05, 4.69) is 15.1 Å². The predicted octanol–water partition coefficient (Wildman–Crippen LogP) is 3.26. The zero-order valence-electron chi connectivity index (χ0n) is 14.7. The molecular weight excluding hydrogens is 342 g/mol. The van der Waals surface area contributed by atoms with Crippen molar-refractivity contribution in [2.45, 2.75) is 39.7 Å². The number of carbonyl (C=O) groups excluding carboxylic acids is 1. The van der Waals surface area contributed by atoms with Gasteiger partial charge in [0.05, 0.1) is 5.56 Å². The van der Waals surface area contributed by atoms with E-state index in [0.717, 1.165) is 29.1 Å². The van der Waals surface area contributed by atoms with Crippen molar-refractivity contribution < 1.29 is 18.3 Å². The Balaban J connectivity index is 1.70. The summed E-state index contributed by atoms with van der Waals surface area (Å²) in [4.78, 5) is 20.5. The third-order valence-electron chi connectivity index (χ3n) is 4.28. The summed E-state index contributed by atoms with van der Waals surface area (Å²) in [5, 5.41) is 4.10. The molecule has 26 heavy (non-hydrogen) atoms. The Labute approximate surface area is 148 Å². The first kappa shape index (κ1) is 17.9. The number of rotatable bonds is 5. The molecule has 0 N–H and O–H groups in total. The molecule has 0 aliphatic rings. The number of benzene rings is 1. The van der Waals surface area contributed by atoms with E-state index in [9.17, 15) is 13.6 Å². The highest BCUT2D eigenvalue weighted by Crippen LogP contribution is 2.24. The number of ether oxygens (including phenoxy) is 1. The molecular formula is C18H18F2N4O2. The maximum absolute atomic E-state index is 13.8. The van der Waals surface area contributed by atoms with Gasteiger partial charge in [0.2, 0.25) is 0 Å². The minimum absolute atomic E-state index is 0.0595. The van der Waals surface area contributed by atoms with Crippen LogP contribution in [0.2, 0.25) is 0 Å². The fraction of sp³-hybridized carbons (Fsp3) is 0.333. The Bertz CT molecular complexity index is 951. The topological polar surface area (TPSA) is 69.4 Å². The Morgan fingerprint density at radius 3 is 2.65 bits per heavy atom. The zero-order chi connectivity index (χ0) is 18.8. The van der Waals surface area contributed by atoms with Crippen molar-refractivity contribution in [2.24, 2.45) is 0 Å². The molecule has 0 unspecified atom stereocenters. The number of fused-ring (bicyclic) bond motifs is 1. The summed E-state index contributed by atoms with van der Waals surface area (Å²) in [5.41, 5.74) is 2.21. The summed E-state index contributed by atoms with van der Waals surface area (Å²) >= 11 is 0. The van der Waals surface area contributed by atoms with E-state index >= 15 is 0 Å². The summed E-state index contributed by atoms with van der Waals surface area (Å²) in [6.07, 6.45) is 0.842. The van der Waals surface area contributed by atoms with Gasteiger partial charge in [-0.05, 0) is 44.9 Å². The van der Waals surface area contributed by atoms with Crippen molar-refractivity contribution >= 4 is 11.7 Å². The van der Waals surface area contributed by atoms with Gasteiger partial charge in [-0.3, -0.25) is 4.79 Å². The molecule has 3 rings (SSSR count). The third kappa shape index (κ3) is 3.40. The van der Waals surface area contributed by atoms with Gasteiger partial charge in [0, 0.05) is 17.8 Å². The van der Waals surface area contributed by atoms with Crippen molar-refractivity contribution in [1.82, 2.24) is 19.6 Å². The molecule has 136 valence electrons. The Morgan fingerprint density at radius 1 is 1.27 bits per heavy atom. The summed E-state index contributed by atoms with van der Waals surface area (Å²) < 4.78 is 34.3. The molecule has 2 heterocycles. The zero-order valence-corrected chi connectivity index (χ0v) is 14.7. The van der Waals surface area contributed by atoms with Crippen LogP contribution in [0.3, 0.4) is 0 Å². The first-order valence-electron chi connectivity index (χ1n) is 8.17. The second-order valence-electron chi connectivity index (χ2n) is 6.00. The van der Waals surface area contributed by atoms with Crippen LogP contribution in [0.4, 0.5) is 8.78 Å². The first-order chi connectivity index (χ1) is 12.4. The summed E-state index contributed by atoms with van der Waals surface area (Å²) in [5.74, 6) is -1.52. The molecule has 0 spiro atoms. The normalized spacial score (nSPS) is 12.3. The van der Waals surface area contributed by atoms with Crippen LogP contribution in [-0.4, -0.2) is 25.6 Å². The van der Waals surface area contributed by atoms with E-state index in [0.29, 0.717) is 12.2 Å². The molecule has 0 aliphatic heterocycles. The molecule has 0 saturated heterocycles. The van der Waals surface area contributed by atoms with Crippen LogP contribution in [-0.2, 0) is 16.0 Å². The lowest BCUT2D eigenvalue weighted by Crippen LogP contribution is -2.14. The molecule has 0 aliphatic carbocycles. The van der Waals surface area contributed by atoms with Gasteiger partial charge in [-0.25, -0.2) is 18.3 Å². The minimum Gasteiger partial charge on any atom is -0.458 e. The van der Waals surface area contributed by atoms with Gasteiger partial charge in [0.15, 0.2) is 0 Å². The van der Waals surface area contributed by atoms with Crippen LogP contribution in [0.25, 0.3) is 5.78 Å². The number of hydrogen-bond donors (Lipinski definition) is 0. The highest BCUT2D eigenvalue weighted by Gasteiger charge is 2.20. The summed E-state index contributed by atoms with van der Waals surface area (Å²) in [7, 11) is 0. The average molecular weight is 360 g/mol. The van der Waals surface area contributed by atoms with Crippen molar-refractivity contribution in [3.63, 3.8) is 0 Å². The van der Waals surface area contributed by atoms with E-state index < -0.39 is 23.7 Å². The number of nitrogens with zero attached hydrogens (tertiary/aromatic N) is 4. The number of aromatic nitrogens is 4. The van der Waals surface area contributed by atoms with Crippen molar-refractivity contribution in [3.8, 4) is 0 Å². The molecule has 2 aromatic heterocycles. The molecule has 0 fully saturated rings. The first-order valence-corrected chi connectivity index (χ1v) is 8.17. The number of hydrogen-bond acceptors (Lipinski definition) is 5.